The Morgan fingerprint density at radius 1 is 1.19 bits per heavy atom. The van der Waals surface area contributed by atoms with Crippen molar-refractivity contribution in [2.75, 3.05) is 13.1 Å². The van der Waals surface area contributed by atoms with Gasteiger partial charge in [0.05, 0.1) is 12.7 Å². The minimum atomic E-state index is -4.58. The van der Waals surface area contributed by atoms with Crippen LogP contribution in [0.5, 0.6) is 0 Å². The molecule has 0 spiro atoms. The summed E-state index contributed by atoms with van der Waals surface area (Å²) in [5.74, 6) is -1.73. The van der Waals surface area contributed by atoms with Crippen LogP contribution in [0, 0.1) is 0 Å². The summed E-state index contributed by atoms with van der Waals surface area (Å²) in [5, 5.41) is 9.22. The van der Waals surface area contributed by atoms with E-state index in [1.807, 2.05) is 0 Å². The Balaban J connectivity index is 1.52. The van der Waals surface area contributed by atoms with Gasteiger partial charge in [0.25, 0.3) is 5.91 Å². The zero-order valence-electron chi connectivity index (χ0n) is 13.4. The molecule has 3 heterocycles. The van der Waals surface area contributed by atoms with E-state index >= 15 is 0 Å². The average molecular weight is 369 g/mol. The van der Waals surface area contributed by atoms with Crippen LogP contribution in [-0.2, 0) is 24.1 Å². The molecule has 0 atom stereocenters. The van der Waals surface area contributed by atoms with Crippen molar-refractivity contribution in [3.05, 3.63) is 35.9 Å². The molecule has 0 saturated heterocycles. The minimum absolute atomic E-state index is 0.00622. The first-order valence-electron chi connectivity index (χ1n) is 7.67. The Hall–Kier alpha value is -3.05. The first-order valence-corrected chi connectivity index (χ1v) is 7.67. The molecule has 3 rings (SSSR count). The topological polar surface area (TPSA) is 106 Å². The summed E-state index contributed by atoms with van der Waals surface area (Å²) in [5.41, 5.74) is 0.130. The van der Waals surface area contributed by atoms with E-state index in [-0.39, 0.29) is 50.0 Å². The van der Waals surface area contributed by atoms with E-state index in [0.717, 1.165) is 4.57 Å². The average Bonchev–Trinajstić information content (AvgIpc) is 3.05. The van der Waals surface area contributed by atoms with Crippen LogP contribution in [0.2, 0.25) is 0 Å². The maximum atomic E-state index is 12.8. The van der Waals surface area contributed by atoms with Gasteiger partial charge in [0.2, 0.25) is 11.7 Å². The number of halogens is 3. The third kappa shape index (κ3) is 3.78. The highest BCUT2D eigenvalue weighted by atomic mass is 19.4. The number of nitrogens with zero attached hydrogens (tertiary/aromatic N) is 6. The summed E-state index contributed by atoms with van der Waals surface area (Å²) in [6.07, 6.45) is -0.472. The maximum absolute atomic E-state index is 12.8. The van der Waals surface area contributed by atoms with Crippen molar-refractivity contribution >= 4 is 11.8 Å². The second kappa shape index (κ2) is 7.06. The molecular weight excluding hydrogens is 355 g/mol. The molecule has 26 heavy (non-hydrogen) atoms. The molecule has 0 unspecified atom stereocenters. The summed E-state index contributed by atoms with van der Waals surface area (Å²) in [4.78, 5) is 33.0. The normalized spacial score (nSPS) is 14.0. The van der Waals surface area contributed by atoms with E-state index in [2.05, 4.69) is 25.5 Å². The highest BCUT2D eigenvalue weighted by Gasteiger charge is 2.39. The van der Waals surface area contributed by atoms with Crippen molar-refractivity contribution in [2.45, 2.75) is 25.7 Å². The molecule has 0 radical (unpaired) electrons. The van der Waals surface area contributed by atoms with E-state index < -0.39 is 17.9 Å². The Kier molecular flexibility index (Phi) is 4.82. The van der Waals surface area contributed by atoms with Gasteiger partial charge < -0.3 is 14.8 Å². The van der Waals surface area contributed by atoms with E-state index in [0.29, 0.717) is 0 Å². The molecule has 0 aromatic carbocycles. The molecule has 2 amide bonds. The Morgan fingerprint density at radius 3 is 2.69 bits per heavy atom. The molecule has 9 nitrogen and oxygen atoms in total. The molecule has 138 valence electrons. The highest BCUT2D eigenvalue weighted by Crippen LogP contribution is 2.29. The van der Waals surface area contributed by atoms with E-state index in [1.54, 1.807) is 0 Å². The van der Waals surface area contributed by atoms with Crippen molar-refractivity contribution < 1.29 is 22.8 Å². The predicted molar refractivity (Wildman–Crippen MR) is 79.4 cm³/mol. The zero-order valence-corrected chi connectivity index (χ0v) is 13.4. The van der Waals surface area contributed by atoms with Gasteiger partial charge in [-0.3, -0.25) is 14.6 Å². The van der Waals surface area contributed by atoms with Crippen molar-refractivity contribution in [3.8, 4) is 0 Å². The summed E-state index contributed by atoms with van der Waals surface area (Å²) >= 11 is 0. The predicted octanol–water partition coefficient (Wildman–Crippen LogP) is 0.249. The number of nitrogens with one attached hydrogen (secondary N) is 1. The van der Waals surface area contributed by atoms with Gasteiger partial charge in [0.1, 0.15) is 5.69 Å². The van der Waals surface area contributed by atoms with Gasteiger partial charge in [0, 0.05) is 38.4 Å². The maximum Gasteiger partial charge on any atom is 0.451 e. The molecule has 0 bridgehead atoms. The van der Waals surface area contributed by atoms with Crippen LogP contribution in [0.15, 0.2) is 18.6 Å². The Bertz CT molecular complexity index is 807. The molecular formula is C14H14F3N7O2. The number of hydrogen-bond donors (Lipinski definition) is 1. The van der Waals surface area contributed by atoms with Gasteiger partial charge in [0.15, 0.2) is 5.82 Å². The molecule has 1 aliphatic rings. The lowest BCUT2D eigenvalue weighted by Crippen LogP contribution is -2.40. The van der Waals surface area contributed by atoms with Crippen LogP contribution < -0.4 is 5.32 Å². The molecule has 0 saturated carbocycles. The van der Waals surface area contributed by atoms with Crippen LogP contribution in [0.25, 0.3) is 0 Å². The van der Waals surface area contributed by atoms with Gasteiger partial charge in [-0.25, -0.2) is 4.98 Å². The SMILES string of the molecule is O=C(NCCC(=O)N1CCn2c(nnc2C(F)(F)F)C1)c1cnccn1. The number of alkyl halides is 3. The fraction of sp³-hybridized carbons (Fsp3) is 0.429. The lowest BCUT2D eigenvalue weighted by molar-refractivity contribution is -0.148. The summed E-state index contributed by atoms with van der Waals surface area (Å²) in [6, 6.07) is 0. The smallest absolute Gasteiger partial charge is 0.350 e. The second-order valence-electron chi connectivity index (χ2n) is 5.50. The number of rotatable bonds is 4. The third-order valence-corrected chi connectivity index (χ3v) is 3.78. The van der Waals surface area contributed by atoms with Crippen LogP contribution >= 0.6 is 0 Å². The fourth-order valence-electron chi connectivity index (χ4n) is 2.53. The highest BCUT2D eigenvalue weighted by molar-refractivity contribution is 5.92. The van der Waals surface area contributed by atoms with Gasteiger partial charge in [-0.05, 0) is 0 Å². The molecule has 2 aromatic rings. The van der Waals surface area contributed by atoms with E-state index in [4.69, 9.17) is 0 Å². The molecule has 12 heteroatoms. The summed E-state index contributed by atoms with van der Waals surface area (Å²) in [6.45, 7) is 0.102. The van der Waals surface area contributed by atoms with Crippen molar-refractivity contribution in [3.63, 3.8) is 0 Å². The largest absolute Gasteiger partial charge is 0.451 e. The van der Waals surface area contributed by atoms with Gasteiger partial charge in [-0.1, -0.05) is 0 Å². The lowest BCUT2D eigenvalue weighted by atomic mass is 10.3. The Labute approximate surface area is 145 Å². The van der Waals surface area contributed by atoms with Crippen LogP contribution in [0.1, 0.15) is 28.6 Å². The van der Waals surface area contributed by atoms with E-state index in [1.165, 1.54) is 23.5 Å². The molecule has 2 aromatic heterocycles. The van der Waals surface area contributed by atoms with Crippen LogP contribution in [0.4, 0.5) is 13.2 Å². The monoisotopic (exact) mass is 369 g/mol. The fourth-order valence-corrected chi connectivity index (χ4v) is 2.53. The Morgan fingerprint density at radius 2 is 2.00 bits per heavy atom. The minimum Gasteiger partial charge on any atom is -0.350 e. The number of fused-ring (bicyclic) bond motifs is 1. The lowest BCUT2D eigenvalue weighted by Gasteiger charge is -2.28. The third-order valence-electron chi connectivity index (χ3n) is 3.78. The standard InChI is InChI=1S/C14H14F3N7O2/c15-14(16,17)13-22-21-10-8-23(5-6-24(10)13)11(25)1-2-20-12(26)9-7-18-3-4-19-9/h3-4,7H,1-2,5-6,8H2,(H,20,26). The number of amides is 2. The van der Waals surface area contributed by atoms with Crippen molar-refractivity contribution in [1.82, 2.24) is 34.9 Å². The van der Waals surface area contributed by atoms with Gasteiger partial charge in [-0.2, -0.15) is 13.2 Å². The van der Waals surface area contributed by atoms with Crippen molar-refractivity contribution in [2.24, 2.45) is 0 Å². The van der Waals surface area contributed by atoms with Gasteiger partial charge >= 0.3 is 6.18 Å². The van der Waals surface area contributed by atoms with E-state index in [9.17, 15) is 22.8 Å². The summed E-state index contributed by atoms with van der Waals surface area (Å²) in [7, 11) is 0. The number of carbonyl (C=O) groups excluding carboxylic acids is 2. The first-order chi connectivity index (χ1) is 12.4. The molecule has 1 aliphatic heterocycles. The van der Waals surface area contributed by atoms with Crippen LogP contribution in [-0.4, -0.2) is 54.5 Å². The first kappa shape index (κ1) is 17.8. The quantitative estimate of drug-likeness (QED) is 0.828. The summed E-state index contributed by atoms with van der Waals surface area (Å²) < 4.78 is 39.4. The number of hydrogen-bond acceptors (Lipinski definition) is 6. The molecule has 0 fully saturated rings. The zero-order chi connectivity index (χ0) is 18.7. The molecule has 0 aliphatic carbocycles. The van der Waals surface area contributed by atoms with Crippen molar-refractivity contribution in [1.29, 1.82) is 0 Å². The van der Waals surface area contributed by atoms with Crippen LogP contribution in [0.3, 0.4) is 0 Å². The number of carbonyl (C=O) groups is 2. The number of aromatic nitrogens is 5. The second-order valence-corrected chi connectivity index (χ2v) is 5.50. The molecule has 1 N–H and O–H groups in total. The van der Waals surface area contributed by atoms with Gasteiger partial charge in [-0.15, -0.1) is 10.2 Å².